The standard InChI is InChI=1S/C13H17ClN4O3S/c1-22(19,20)17-11-8-9(14)7-10-12(11)21-13(16-10)18-5-2-3-15-4-6-18/h7-8,15,17H,2-6H2,1H3. The highest BCUT2D eigenvalue weighted by Crippen LogP contribution is 2.32. The number of oxazole rings is 1. The number of halogens is 1. The van der Waals surface area contributed by atoms with Gasteiger partial charge >= 0.3 is 0 Å². The van der Waals surface area contributed by atoms with E-state index in [-0.39, 0.29) is 0 Å². The summed E-state index contributed by atoms with van der Waals surface area (Å²) < 4.78 is 31.2. The van der Waals surface area contributed by atoms with E-state index in [4.69, 9.17) is 16.0 Å². The van der Waals surface area contributed by atoms with Crippen LogP contribution in [0.25, 0.3) is 11.1 Å². The third-order valence-corrected chi connectivity index (χ3v) is 4.16. The summed E-state index contributed by atoms with van der Waals surface area (Å²) in [4.78, 5) is 6.48. The Labute approximate surface area is 133 Å². The quantitative estimate of drug-likeness (QED) is 0.880. The molecule has 1 saturated heterocycles. The maximum Gasteiger partial charge on any atom is 0.298 e. The molecule has 0 amide bonds. The van der Waals surface area contributed by atoms with Gasteiger partial charge in [0.25, 0.3) is 6.01 Å². The molecule has 3 rings (SSSR count). The fraction of sp³-hybridized carbons (Fsp3) is 0.462. The Kier molecular flexibility index (Phi) is 4.16. The van der Waals surface area contributed by atoms with E-state index in [1.165, 1.54) is 6.07 Å². The average Bonchev–Trinajstić information content (AvgIpc) is 2.66. The van der Waals surface area contributed by atoms with Gasteiger partial charge in [0, 0.05) is 24.7 Å². The summed E-state index contributed by atoms with van der Waals surface area (Å²) in [6, 6.07) is 3.66. The first-order valence-corrected chi connectivity index (χ1v) is 9.23. The number of aromatic nitrogens is 1. The van der Waals surface area contributed by atoms with E-state index in [0.29, 0.717) is 27.8 Å². The van der Waals surface area contributed by atoms with Crippen LogP contribution in [-0.2, 0) is 10.0 Å². The summed E-state index contributed by atoms with van der Waals surface area (Å²) in [5.41, 5.74) is 1.23. The van der Waals surface area contributed by atoms with Crippen molar-refractivity contribution in [3.8, 4) is 0 Å². The highest BCUT2D eigenvalue weighted by molar-refractivity contribution is 7.92. The average molecular weight is 345 g/mol. The summed E-state index contributed by atoms with van der Waals surface area (Å²) in [5.74, 6) is 0. The van der Waals surface area contributed by atoms with E-state index in [9.17, 15) is 8.42 Å². The molecule has 22 heavy (non-hydrogen) atoms. The molecule has 0 unspecified atom stereocenters. The molecule has 0 spiro atoms. The van der Waals surface area contributed by atoms with Gasteiger partial charge in [-0.1, -0.05) is 11.6 Å². The topological polar surface area (TPSA) is 87.5 Å². The lowest BCUT2D eigenvalue weighted by Crippen LogP contribution is -2.27. The SMILES string of the molecule is CS(=O)(=O)Nc1cc(Cl)cc2nc(N3CCCNCC3)oc12. The van der Waals surface area contributed by atoms with Crippen LogP contribution in [-0.4, -0.2) is 45.8 Å². The van der Waals surface area contributed by atoms with Crippen molar-refractivity contribution >= 4 is 44.4 Å². The Balaban J connectivity index is 2.02. The number of fused-ring (bicyclic) bond motifs is 1. The predicted octanol–water partition coefficient (Wildman–Crippen LogP) is 1.65. The van der Waals surface area contributed by atoms with Crippen LogP contribution in [0.5, 0.6) is 0 Å². The molecule has 1 aliphatic heterocycles. The summed E-state index contributed by atoms with van der Waals surface area (Å²) in [7, 11) is -3.43. The van der Waals surface area contributed by atoms with E-state index < -0.39 is 10.0 Å². The summed E-state index contributed by atoms with van der Waals surface area (Å²) in [5, 5.41) is 3.71. The van der Waals surface area contributed by atoms with Crippen molar-refractivity contribution in [3.05, 3.63) is 17.2 Å². The van der Waals surface area contributed by atoms with Gasteiger partial charge in [-0.05, 0) is 25.1 Å². The van der Waals surface area contributed by atoms with Gasteiger partial charge in [-0.2, -0.15) is 4.98 Å². The van der Waals surface area contributed by atoms with Crippen molar-refractivity contribution in [3.63, 3.8) is 0 Å². The first-order valence-electron chi connectivity index (χ1n) is 6.96. The van der Waals surface area contributed by atoms with Crippen LogP contribution in [0, 0.1) is 0 Å². The van der Waals surface area contributed by atoms with Crippen LogP contribution in [0.1, 0.15) is 6.42 Å². The molecule has 2 aromatic rings. The van der Waals surface area contributed by atoms with Crippen molar-refractivity contribution in [2.45, 2.75) is 6.42 Å². The summed E-state index contributed by atoms with van der Waals surface area (Å²) in [6.45, 7) is 3.44. The highest BCUT2D eigenvalue weighted by Gasteiger charge is 2.19. The molecule has 2 heterocycles. The molecule has 7 nitrogen and oxygen atoms in total. The second kappa shape index (κ2) is 5.94. The summed E-state index contributed by atoms with van der Waals surface area (Å²) in [6.07, 6.45) is 2.07. The fourth-order valence-electron chi connectivity index (χ4n) is 2.43. The summed E-state index contributed by atoms with van der Waals surface area (Å²) >= 11 is 6.03. The highest BCUT2D eigenvalue weighted by atomic mass is 35.5. The van der Waals surface area contributed by atoms with Crippen LogP contribution in [0.3, 0.4) is 0 Å². The molecule has 9 heteroatoms. The Bertz CT molecular complexity index is 782. The Morgan fingerprint density at radius 2 is 2.18 bits per heavy atom. The lowest BCUT2D eigenvalue weighted by Gasteiger charge is -2.16. The van der Waals surface area contributed by atoms with E-state index >= 15 is 0 Å². The molecule has 120 valence electrons. The van der Waals surface area contributed by atoms with E-state index in [0.717, 1.165) is 38.9 Å². The first kappa shape index (κ1) is 15.4. The molecule has 1 fully saturated rings. The van der Waals surface area contributed by atoms with Crippen LogP contribution in [0.15, 0.2) is 16.5 Å². The monoisotopic (exact) mass is 344 g/mol. The van der Waals surface area contributed by atoms with Gasteiger partial charge in [0.1, 0.15) is 5.52 Å². The minimum atomic E-state index is -3.43. The van der Waals surface area contributed by atoms with Crippen LogP contribution >= 0.6 is 11.6 Å². The number of nitrogens with one attached hydrogen (secondary N) is 2. The molecule has 0 aliphatic carbocycles. The van der Waals surface area contributed by atoms with Gasteiger partial charge in [0.05, 0.1) is 11.9 Å². The smallest absolute Gasteiger partial charge is 0.298 e. The molecular formula is C13H17ClN4O3S. The lowest BCUT2D eigenvalue weighted by molar-refractivity contribution is 0.571. The molecule has 0 bridgehead atoms. The number of sulfonamides is 1. The number of anilines is 2. The molecule has 1 aromatic heterocycles. The lowest BCUT2D eigenvalue weighted by atomic mass is 10.3. The Morgan fingerprint density at radius 3 is 2.95 bits per heavy atom. The second-order valence-corrected chi connectivity index (χ2v) is 7.45. The van der Waals surface area contributed by atoms with E-state index in [1.807, 2.05) is 4.90 Å². The van der Waals surface area contributed by atoms with Crippen LogP contribution < -0.4 is 14.9 Å². The second-order valence-electron chi connectivity index (χ2n) is 5.26. The maximum atomic E-state index is 11.5. The van der Waals surface area contributed by atoms with Crippen molar-refractivity contribution in [1.29, 1.82) is 0 Å². The van der Waals surface area contributed by atoms with E-state index in [1.54, 1.807) is 6.07 Å². The largest absolute Gasteiger partial charge is 0.421 e. The molecule has 0 radical (unpaired) electrons. The zero-order valence-electron chi connectivity index (χ0n) is 12.1. The normalized spacial score (nSPS) is 16.7. The fourth-order valence-corrected chi connectivity index (χ4v) is 3.20. The number of hydrogen-bond acceptors (Lipinski definition) is 6. The number of benzene rings is 1. The molecule has 0 saturated carbocycles. The van der Waals surface area contributed by atoms with Crippen LogP contribution in [0.4, 0.5) is 11.7 Å². The van der Waals surface area contributed by atoms with Crippen molar-refractivity contribution in [2.24, 2.45) is 0 Å². The number of rotatable bonds is 3. The number of nitrogens with zero attached hydrogens (tertiary/aromatic N) is 2. The van der Waals surface area contributed by atoms with E-state index in [2.05, 4.69) is 15.0 Å². The molecule has 0 atom stereocenters. The zero-order valence-corrected chi connectivity index (χ0v) is 13.7. The van der Waals surface area contributed by atoms with Gasteiger partial charge in [0.2, 0.25) is 10.0 Å². The van der Waals surface area contributed by atoms with Gasteiger partial charge < -0.3 is 14.6 Å². The minimum Gasteiger partial charge on any atom is -0.421 e. The van der Waals surface area contributed by atoms with Crippen molar-refractivity contribution < 1.29 is 12.8 Å². The predicted molar refractivity (Wildman–Crippen MR) is 87.2 cm³/mol. The molecular weight excluding hydrogens is 328 g/mol. The van der Waals surface area contributed by atoms with Crippen molar-refractivity contribution in [2.75, 3.05) is 42.1 Å². The first-order chi connectivity index (χ1) is 10.4. The van der Waals surface area contributed by atoms with Gasteiger partial charge in [-0.25, -0.2) is 8.42 Å². The zero-order chi connectivity index (χ0) is 15.7. The third-order valence-electron chi connectivity index (χ3n) is 3.35. The van der Waals surface area contributed by atoms with Gasteiger partial charge in [-0.15, -0.1) is 0 Å². The molecule has 1 aromatic carbocycles. The third kappa shape index (κ3) is 3.45. The maximum absolute atomic E-state index is 11.5. The Morgan fingerprint density at radius 1 is 1.36 bits per heavy atom. The van der Waals surface area contributed by atoms with Crippen LogP contribution in [0.2, 0.25) is 5.02 Å². The molecule has 2 N–H and O–H groups in total. The number of hydrogen-bond donors (Lipinski definition) is 2. The Hall–Kier alpha value is -1.51. The molecule has 1 aliphatic rings. The minimum absolute atomic E-state index is 0.302. The van der Waals surface area contributed by atoms with Gasteiger partial charge in [-0.3, -0.25) is 4.72 Å². The van der Waals surface area contributed by atoms with Gasteiger partial charge in [0.15, 0.2) is 5.58 Å². The van der Waals surface area contributed by atoms with Crippen molar-refractivity contribution in [1.82, 2.24) is 10.3 Å².